The van der Waals surface area contributed by atoms with Crippen molar-refractivity contribution < 1.29 is 0 Å². The van der Waals surface area contributed by atoms with Crippen LogP contribution in [0.4, 0.5) is 0 Å². The molecule has 1 aromatic heterocycles. The van der Waals surface area contributed by atoms with Crippen LogP contribution >= 0.6 is 0 Å². The molecule has 1 fully saturated rings. The monoisotopic (exact) mass is 264 g/mol. The maximum atomic E-state index is 4.37. The lowest BCUT2D eigenvalue weighted by molar-refractivity contribution is 0.158. The number of hydrogen-bond acceptors (Lipinski definition) is 3. The number of hydrogen-bond donors (Lipinski definition) is 1. The molecule has 0 aliphatic carbocycles. The predicted octanol–water partition coefficient (Wildman–Crippen LogP) is 2.11. The van der Waals surface area contributed by atoms with Crippen molar-refractivity contribution in [3.8, 4) is 0 Å². The SMILES string of the molecule is CCn1nccc1CN(CC1CCNCC1)C(C)C. The van der Waals surface area contributed by atoms with E-state index in [0.717, 1.165) is 19.0 Å². The van der Waals surface area contributed by atoms with Crippen molar-refractivity contribution >= 4 is 0 Å². The van der Waals surface area contributed by atoms with E-state index in [-0.39, 0.29) is 0 Å². The molecule has 1 aliphatic rings. The highest BCUT2D eigenvalue weighted by Gasteiger charge is 2.19. The second kappa shape index (κ2) is 7.06. The highest BCUT2D eigenvalue weighted by molar-refractivity contribution is 5.00. The van der Waals surface area contributed by atoms with Crippen LogP contribution < -0.4 is 5.32 Å². The zero-order valence-corrected chi connectivity index (χ0v) is 12.6. The highest BCUT2D eigenvalue weighted by atomic mass is 15.3. The van der Waals surface area contributed by atoms with E-state index in [4.69, 9.17) is 0 Å². The molecule has 2 rings (SSSR count). The average Bonchev–Trinajstić information content (AvgIpc) is 2.86. The van der Waals surface area contributed by atoms with Gasteiger partial charge in [0.25, 0.3) is 0 Å². The highest BCUT2D eigenvalue weighted by Crippen LogP contribution is 2.17. The Balaban J connectivity index is 1.95. The number of piperidine rings is 1. The molecule has 0 bridgehead atoms. The Morgan fingerprint density at radius 3 is 2.79 bits per heavy atom. The van der Waals surface area contributed by atoms with Crippen LogP contribution in [0.2, 0.25) is 0 Å². The van der Waals surface area contributed by atoms with Gasteiger partial charge in [-0.25, -0.2) is 0 Å². The van der Waals surface area contributed by atoms with Crippen molar-refractivity contribution in [2.24, 2.45) is 5.92 Å². The number of aryl methyl sites for hydroxylation is 1. The van der Waals surface area contributed by atoms with E-state index >= 15 is 0 Å². The summed E-state index contributed by atoms with van der Waals surface area (Å²) in [6.07, 6.45) is 4.55. The van der Waals surface area contributed by atoms with E-state index in [1.807, 2.05) is 6.20 Å². The van der Waals surface area contributed by atoms with Gasteiger partial charge < -0.3 is 5.32 Å². The molecule has 4 nitrogen and oxygen atoms in total. The molecular weight excluding hydrogens is 236 g/mol. The van der Waals surface area contributed by atoms with Crippen LogP contribution in [0.3, 0.4) is 0 Å². The van der Waals surface area contributed by atoms with Crippen LogP contribution in [0.25, 0.3) is 0 Å². The van der Waals surface area contributed by atoms with Crippen LogP contribution in [-0.2, 0) is 13.1 Å². The van der Waals surface area contributed by atoms with Crippen LogP contribution in [0.15, 0.2) is 12.3 Å². The number of nitrogens with zero attached hydrogens (tertiary/aromatic N) is 3. The first-order valence-corrected chi connectivity index (χ1v) is 7.66. The van der Waals surface area contributed by atoms with Crippen molar-refractivity contribution in [1.82, 2.24) is 20.0 Å². The van der Waals surface area contributed by atoms with Gasteiger partial charge in [0.2, 0.25) is 0 Å². The second-order valence-corrected chi connectivity index (χ2v) is 5.85. The maximum absolute atomic E-state index is 4.37. The van der Waals surface area contributed by atoms with Crippen LogP contribution in [0, 0.1) is 5.92 Å². The average molecular weight is 264 g/mol. The Kier molecular flexibility index (Phi) is 5.40. The first-order valence-electron chi connectivity index (χ1n) is 7.66. The molecular formula is C15H28N4. The largest absolute Gasteiger partial charge is 0.317 e. The minimum atomic E-state index is 0.593. The fourth-order valence-corrected chi connectivity index (χ4v) is 2.84. The first kappa shape index (κ1) is 14.5. The van der Waals surface area contributed by atoms with Gasteiger partial charge in [-0.1, -0.05) is 0 Å². The van der Waals surface area contributed by atoms with Gasteiger partial charge in [0.15, 0.2) is 0 Å². The van der Waals surface area contributed by atoms with Gasteiger partial charge in [-0.2, -0.15) is 5.10 Å². The molecule has 0 atom stereocenters. The molecule has 1 saturated heterocycles. The Labute approximate surface area is 117 Å². The molecule has 19 heavy (non-hydrogen) atoms. The topological polar surface area (TPSA) is 33.1 Å². The lowest BCUT2D eigenvalue weighted by Gasteiger charge is -2.32. The zero-order valence-electron chi connectivity index (χ0n) is 12.6. The second-order valence-electron chi connectivity index (χ2n) is 5.85. The van der Waals surface area contributed by atoms with Gasteiger partial charge in [-0.15, -0.1) is 0 Å². The van der Waals surface area contributed by atoms with Gasteiger partial charge >= 0.3 is 0 Å². The summed E-state index contributed by atoms with van der Waals surface area (Å²) in [4.78, 5) is 2.60. The molecule has 0 saturated carbocycles. The van der Waals surface area contributed by atoms with Crippen molar-refractivity contribution in [3.05, 3.63) is 18.0 Å². The molecule has 1 aliphatic heterocycles. The van der Waals surface area contributed by atoms with Gasteiger partial charge in [0, 0.05) is 31.9 Å². The predicted molar refractivity (Wildman–Crippen MR) is 79.0 cm³/mol. The molecule has 4 heteroatoms. The van der Waals surface area contributed by atoms with E-state index in [1.54, 1.807) is 0 Å². The van der Waals surface area contributed by atoms with Crippen molar-refractivity contribution in [1.29, 1.82) is 0 Å². The maximum Gasteiger partial charge on any atom is 0.0524 e. The van der Waals surface area contributed by atoms with Crippen molar-refractivity contribution in [2.45, 2.75) is 52.7 Å². The molecule has 0 amide bonds. The normalized spacial score (nSPS) is 17.5. The lowest BCUT2D eigenvalue weighted by atomic mass is 9.97. The zero-order chi connectivity index (χ0) is 13.7. The summed E-state index contributed by atoms with van der Waals surface area (Å²) in [5.74, 6) is 0.849. The van der Waals surface area contributed by atoms with Gasteiger partial charge in [0.05, 0.1) is 5.69 Å². The third-order valence-electron chi connectivity index (χ3n) is 4.15. The van der Waals surface area contributed by atoms with Crippen LogP contribution in [0.1, 0.15) is 39.3 Å². The Morgan fingerprint density at radius 1 is 1.42 bits per heavy atom. The smallest absolute Gasteiger partial charge is 0.0524 e. The van der Waals surface area contributed by atoms with E-state index < -0.39 is 0 Å². The quantitative estimate of drug-likeness (QED) is 0.854. The number of nitrogens with one attached hydrogen (secondary N) is 1. The summed E-state index contributed by atoms with van der Waals surface area (Å²) in [5.41, 5.74) is 1.34. The van der Waals surface area contributed by atoms with E-state index in [0.29, 0.717) is 6.04 Å². The standard InChI is InChI=1S/C15H28N4/c1-4-19-15(7-10-17-19)12-18(13(2)3)11-14-5-8-16-9-6-14/h7,10,13-14,16H,4-6,8-9,11-12H2,1-3H3. The summed E-state index contributed by atoms with van der Waals surface area (Å²) in [7, 11) is 0. The fourth-order valence-electron chi connectivity index (χ4n) is 2.84. The molecule has 108 valence electrons. The minimum Gasteiger partial charge on any atom is -0.317 e. The van der Waals surface area contributed by atoms with Crippen molar-refractivity contribution in [2.75, 3.05) is 19.6 Å². The van der Waals surface area contributed by atoms with Crippen molar-refractivity contribution in [3.63, 3.8) is 0 Å². The van der Waals surface area contributed by atoms with Gasteiger partial charge in [-0.05, 0) is 58.7 Å². The lowest BCUT2D eigenvalue weighted by Crippen LogP contribution is -2.39. The first-order chi connectivity index (χ1) is 9.20. The molecule has 0 spiro atoms. The molecule has 1 aromatic rings. The molecule has 2 heterocycles. The summed E-state index contributed by atoms with van der Waals surface area (Å²) in [6, 6.07) is 2.75. The summed E-state index contributed by atoms with van der Waals surface area (Å²) >= 11 is 0. The number of aromatic nitrogens is 2. The molecule has 0 aromatic carbocycles. The Hall–Kier alpha value is -0.870. The van der Waals surface area contributed by atoms with E-state index in [9.17, 15) is 0 Å². The van der Waals surface area contributed by atoms with E-state index in [2.05, 4.69) is 46.8 Å². The summed E-state index contributed by atoms with van der Waals surface area (Å²) in [6.45, 7) is 12.3. The molecule has 0 unspecified atom stereocenters. The Morgan fingerprint density at radius 2 is 2.16 bits per heavy atom. The van der Waals surface area contributed by atoms with Crippen LogP contribution in [-0.4, -0.2) is 40.4 Å². The minimum absolute atomic E-state index is 0.593. The number of rotatable bonds is 6. The summed E-state index contributed by atoms with van der Waals surface area (Å²) in [5, 5.41) is 7.82. The van der Waals surface area contributed by atoms with Crippen LogP contribution in [0.5, 0.6) is 0 Å². The molecule has 0 radical (unpaired) electrons. The van der Waals surface area contributed by atoms with E-state index in [1.165, 1.54) is 38.2 Å². The van der Waals surface area contributed by atoms with Gasteiger partial charge in [0.1, 0.15) is 0 Å². The fraction of sp³-hybridized carbons (Fsp3) is 0.800. The van der Waals surface area contributed by atoms with Gasteiger partial charge in [-0.3, -0.25) is 9.58 Å². The third kappa shape index (κ3) is 4.05. The Bertz CT molecular complexity index is 366. The summed E-state index contributed by atoms with van der Waals surface area (Å²) < 4.78 is 2.11. The molecule has 1 N–H and O–H groups in total. The third-order valence-corrected chi connectivity index (χ3v) is 4.15.